The predicted molar refractivity (Wildman–Crippen MR) is 51.8 cm³/mol. The number of rotatable bonds is 3. The number of halogens is 1. The topological polar surface area (TPSA) is 48.1 Å². The molecule has 0 fully saturated rings. The molecule has 5 heteroatoms. The molecule has 66 valence electrons. The van der Waals surface area contributed by atoms with Gasteiger partial charge in [-0.3, -0.25) is 0 Å². The van der Waals surface area contributed by atoms with Gasteiger partial charge in [0.2, 0.25) is 0 Å². The van der Waals surface area contributed by atoms with E-state index in [1.54, 1.807) is 7.11 Å². The largest absolute Gasteiger partial charge is 0.473 e. The average Bonchev–Trinajstić information content (AvgIpc) is 2.43. The highest BCUT2D eigenvalue weighted by molar-refractivity contribution is 7.14. The van der Waals surface area contributed by atoms with Gasteiger partial charge in [-0.1, -0.05) is 29.0 Å². The molecule has 0 bridgehead atoms. The van der Waals surface area contributed by atoms with E-state index >= 15 is 0 Å². The maximum atomic E-state index is 5.79. The molecule has 1 aromatic heterocycles. The van der Waals surface area contributed by atoms with Gasteiger partial charge in [-0.2, -0.15) is 4.98 Å². The fourth-order valence-corrected chi connectivity index (χ4v) is 1.67. The van der Waals surface area contributed by atoms with Crippen molar-refractivity contribution in [3.63, 3.8) is 0 Å². The summed E-state index contributed by atoms with van der Waals surface area (Å²) in [5.74, 6) is 0. The van der Waals surface area contributed by atoms with E-state index in [9.17, 15) is 0 Å². The second-order valence-corrected chi connectivity index (χ2v) is 3.33. The Morgan fingerprint density at radius 2 is 2.50 bits per heavy atom. The number of methoxy groups -OCH3 is 1. The number of hydrogen-bond acceptors (Lipinski definition) is 4. The van der Waals surface area contributed by atoms with Crippen LogP contribution in [0.15, 0.2) is 6.08 Å². The van der Waals surface area contributed by atoms with Gasteiger partial charge in [-0.15, -0.1) is 0 Å². The van der Waals surface area contributed by atoms with Crippen LogP contribution in [0.5, 0.6) is 5.19 Å². The molecule has 0 aliphatic rings. The monoisotopic (exact) mass is 204 g/mol. The predicted octanol–water partition coefficient (Wildman–Crippen LogP) is 1.78. The van der Waals surface area contributed by atoms with E-state index in [-0.39, 0.29) is 0 Å². The molecule has 0 amide bonds. The van der Waals surface area contributed by atoms with Crippen molar-refractivity contribution in [3.8, 4) is 5.19 Å². The summed E-state index contributed by atoms with van der Waals surface area (Å²) in [6, 6.07) is 0. The van der Waals surface area contributed by atoms with Gasteiger partial charge in [-0.25, -0.2) is 0 Å². The van der Waals surface area contributed by atoms with E-state index in [2.05, 4.69) is 4.98 Å². The Labute approximate surface area is 79.8 Å². The van der Waals surface area contributed by atoms with Crippen molar-refractivity contribution in [1.82, 2.24) is 4.98 Å². The van der Waals surface area contributed by atoms with Crippen LogP contribution < -0.4 is 10.5 Å². The summed E-state index contributed by atoms with van der Waals surface area (Å²) in [6.07, 6.45) is 3.65. The normalized spacial score (nSPS) is 10.9. The molecule has 0 aliphatic heterocycles. The van der Waals surface area contributed by atoms with E-state index in [4.69, 9.17) is 22.1 Å². The van der Waals surface area contributed by atoms with Gasteiger partial charge in [0.25, 0.3) is 5.19 Å². The molecule has 2 N–H and O–H groups in total. The van der Waals surface area contributed by atoms with Crippen molar-refractivity contribution < 1.29 is 4.74 Å². The summed E-state index contributed by atoms with van der Waals surface area (Å²) < 4.78 is 4.91. The third kappa shape index (κ3) is 2.20. The summed E-state index contributed by atoms with van der Waals surface area (Å²) in [7, 11) is 1.56. The molecule has 0 unspecified atom stereocenters. The molecule has 1 heterocycles. The van der Waals surface area contributed by atoms with Crippen molar-refractivity contribution in [1.29, 1.82) is 0 Å². The molecule has 0 aliphatic carbocycles. The SMILES string of the molecule is COc1nc(Cl)c(/C=C/CN)s1. The maximum absolute atomic E-state index is 5.79. The Morgan fingerprint density at radius 3 is 3.00 bits per heavy atom. The van der Waals surface area contributed by atoms with E-state index in [1.165, 1.54) is 11.3 Å². The Morgan fingerprint density at radius 1 is 1.75 bits per heavy atom. The molecule has 0 radical (unpaired) electrons. The van der Waals surface area contributed by atoms with Gasteiger partial charge in [-0.05, 0) is 6.08 Å². The lowest BCUT2D eigenvalue weighted by atomic mass is 10.4. The number of nitrogens with zero attached hydrogens (tertiary/aromatic N) is 1. The molecule has 0 spiro atoms. The molecule has 0 saturated heterocycles. The molecule has 1 aromatic rings. The van der Waals surface area contributed by atoms with Gasteiger partial charge in [0.1, 0.15) is 0 Å². The van der Waals surface area contributed by atoms with Gasteiger partial charge in [0.15, 0.2) is 5.15 Å². The lowest BCUT2D eigenvalue weighted by molar-refractivity contribution is 0.412. The summed E-state index contributed by atoms with van der Waals surface area (Å²) >= 11 is 7.18. The molecule has 0 atom stereocenters. The number of nitrogens with two attached hydrogens (primary N) is 1. The number of hydrogen-bond donors (Lipinski definition) is 1. The first kappa shape index (κ1) is 9.51. The van der Waals surface area contributed by atoms with Gasteiger partial charge in [0, 0.05) is 6.54 Å². The first-order valence-corrected chi connectivity index (χ1v) is 4.54. The minimum Gasteiger partial charge on any atom is -0.473 e. The van der Waals surface area contributed by atoms with E-state index in [0.29, 0.717) is 16.9 Å². The Bertz CT molecular complexity index is 285. The second-order valence-electron chi connectivity index (χ2n) is 1.98. The first-order valence-electron chi connectivity index (χ1n) is 3.35. The minimum absolute atomic E-state index is 0.460. The van der Waals surface area contributed by atoms with Gasteiger partial charge < -0.3 is 10.5 Å². The van der Waals surface area contributed by atoms with Crippen LogP contribution in [0.1, 0.15) is 4.88 Å². The van der Waals surface area contributed by atoms with Crippen LogP contribution >= 0.6 is 22.9 Å². The summed E-state index contributed by atoms with van der Waals surface area (Å²) in [5.41, 5.74) is 5.29. The van der Waals surface area contributed by atoms with Crippen LogP contribution in [0.4, 0.5) is 0 Å². The third-order valence-corrected chi connectivity index (χ3v) is 2.55. The summed E-state index contributed by atoms with van der Waals surface area (Å²) in [4.78, 5) is 4.83. The number of ether oxygens (including phenoxy) is 1. The third-order valence-electron chi connectivity index (χ3n) is 1.17. The standard InChI is InChI=1S/C7H9ClN2OS/c1-11-7-10-6(8)5(12-7)3-2-4-9/h2-3H,4,9H2,1H3/b3-2+. The van der Waals surface area contributed by atoms with Crippen molar-refractivity contribution in [2.24, 2.45) is 5.73 Å². The van der Waals surface area contributed by atoms with Crippen LogP contribution in [-0.2, 0) is 0 Å². The lowest BCUT2D eigenvalue weighted by Crippen LogP contribution is -1.91. The fraction of sp³-hybridized carbons (Fsp3) is 0.286. The molecule has 1 rings (SSSR count). The molecule has 0 aromatic carbocycles. The van der Waals surface area contributed by atoms with Crippen molar-refractivity contribution >= 4 is 29.0 Å². The van der Waals surface area contributed by atoms with E-state index < -0.39 is 0 Å². The summed E-state index contributed by atoms with van der Waals surface area (Å²) in [5, 5.41) is 1.03. The summed E-state index contributed by atoms with van der Waals surface area (Å²) in [6.45, 7) is 0.497. The highest BCUT2D eigenvalue weighted by Gasteiger charge is 2.05. The van der Waals surface area contributed by atoms with Crippen LogP contribution in [0.25, 0.3) is 6.08 Å². The Kier molecular flexibility index (Phi) is 3.52. The van der Waals surface area contributed by atoms with Crippen molar-refractivity contribution in [2.45, 2.75) is 0 Å². The molecule has 3 nitrogen and oxygen atoms in total. The zero-order valence-electron chi connectivity index (χ0n) is 6.58. The lowest BCUT2D eigenvalue weighted by Gasteiger charge is -1.85. The van der Waals surface area contributed by atoms with Crippen LogP contribution in [0.2, 0.25) is 5.15 Å². The second kappa shape index (κ2) is 4.45. The quantitative estimate of drug-likeness (QED) is 0.817. The average molecular weight is 205 g/mol. The molecule has 0 saturated carbocycles. The highest BCUT2D eigenvalue weighted by atomic mass is 35.5. The van der Waals surface area contributed by atoms with Crippen LogP contribution in [-0.4, -0.2) is 18.6 Å². The highest BCUT2D eigenvalue weighted by Crippen LogP contribution is 2.29. The number of aromatic nitrogens is 1. The van der Waals surface area contributed by atoms with Crippen molar-refractivity contribution in [2.75, 3.05) is 13.7 Å². The first-order chi connectivity index (χ1) is 5.77. The van der Waals surface area contributed by atoms with Crippen LogP contribution in [0.3, 0.4) is 0 Å². The smallest absolute Gasteiger partial charge is 0.274 e. The Hall–Kier alpha value is -0.580. The van der Waals surface area contributed by atoms with Gasteiger partial charge in [0.05, 0.1) is 12.0 Å². The van der Waals surface area contributed by atoms with Crippen molar-refractivity contribution in [3.05, 3.63) is 16.1 Å². The molecular formula is C7H9ClN2OS. The molecular weight excluding hydrogens is 196 g/mol. The van der Waals surface area contributed by atoms with E-state index in [1.807, 2.05) is 12.2 Å². The minimum atomic E-state index is 0.460. The fourth-order valence-electron chi connectivity index (χ4n) is 0.659. The zero-order valence-corrected chi connectivity index (χ0v) is 8.15. The Balaban J connectivity index is 2.84. The molecule has 12 heavy (non-hydrogen) atoms. The van der Waals surface area contributed by atoms with Gasteiger partial charge >= 0.3 is 0 Å². The maximum Gasteiger partial charge on any atom is 0.274 e. The number of thiazole rings is 1. The zero-order chi connectivity index (χ0) is 8.97. The van der Waals surface area contributed by atoms with E-state index in [0.717, 1.165) is 4.88 Å². The van der Waals surface area contributed by atoms with Crippen LogP contribution in [0, 0.1) is 0 Å².